The number of hydrogen-bond donors (Lipinski definition) is 0. The summed E-state index contributed by atoms with van der Waals surface area (Å²) in [6.45, 7) is 8.94. The van der Waals surface area contributed by atoms with E-state index in [-0.39, 0.29) is 11.5 Å². The van der Waals surface area contributed by atoms with E-state index in [4.69, 9.17) is 4.74 Å². The van der Waals surface area contributed by atoms with Gasteiger partial charge >= 0.3 is 0 Å². The molecule has 1 unspecified atom stereocenters. The first kappa shape index (κ1) is 17.3. The third-order valence-electron chi connectivity index (χ3n) is 5.09. The molecule has 0 aromatic carbocycles. The van der Waals surface area contributed by atoms with Gasteiger partial charge in [0.25, 0.3) is 0 Å². The van der Waals surface area contributed by atoms with Crippen LogP contribution in [0.25, 0.3) is 0 Å². The van der Waals surface area contributed by atoms with Gasteiger partial charge in [-0.2, -0.15) is 0 Å². The van der Waals surface area contributed by atoms with Crippen LogP contribution in [0.3, 0.4) is 0 Å². The van der Waals surface area contributed by atoms with Crippen LogP contribution in [0, 0.1) is 0 Å². The van der Waals surface area contributed by atoms with E-state index >= 15 is 0 Å². The zero-order valence-corrected chi connectivity index (χ0v) is 14.8. The minimum absolute atomic E-state index is 0.172. The van der Waals surface area contributed by atoms with Gasteiger partial charge in [-0.1, -0.05) is 0 Å². The Morgan fingerprint density at radius 1 is 1.17 bits per heavy atom. The molecule has 3 rings (SSSR count). The fourth-order valence-corrected chi connectivity index (χ4v) is 3.52. The smallest absolute Gasteiger partial charge is 0.219 e. The van der Waals surface area contributed by atoms with E-state index in [0.717, 1.165) is 70.0 Å². The minimum Gasteiger partial charge on any atom is -0.367 e. The monoisotopic (exact) mass is 332 g/mol. The molecule has 132 valence electrons. The summed E-state index contributed by atoms with van der Waals surface area (Å²) in [5, 5.41) is 0. The molecule has 1 atom stereocenters. The lowest BCUT2D eigenvalue weighted by atomic mass is 9.95. The van der Waals surface area contributed by atoms with Gasteiger partial charge in [-0.25, -0.2) is 9.97 Å². The first-order valence-electron chi connectivity index (χ1n) is 9.00. The third kappa shape index (κ3) is 4.11. The van der Waals surface area contributed by atoms with Crippen molar-refractivity contribution < 1.29 is 9.53 Å². The van der Waals surface area contributed by atoms with Crippen LogP contribution < -0.4 is 0 Å². The Hall–Kier alpha value is -1.53. The summed E-state index contributed by atoms with van der Waals surface area (Å²) in [4.78, 5) is 25.0. The molecule has 0 aliphatic carbocycles. The summed E-state index contributed by atoms with van der Waals surface area (Å²) in [6, 6.07) is 0. The van der Waals surface area contributed by atoms with E-state index in [1.54, 1.807) is 6.92 Å². The lowest BCUT2D eigenvalue weighted by Gasteiger charge is -2.32. The van der Waals surface area contributed by atoms with Crippen molar-refractivity contribution in [3.05, 3.63) is 23.8 Å². The van der Waals surface area contributed by atoms with Crippen molar-refractivity contribution in [1.29, 1.82) is 0 Å². The predicted molar refractivity (Wildman–Crippen MR) is 91.3 cm³/mol. The maximum absolute atomic E-state index is 11.5. The highest BCUT2D eigenvalue weighted by molar-refractivity contribution is 5.73. The number of ether oxygens (including phenoxy) is 1. The largest absolute Gasteiger partial charge is 0.367 e. The number of hydrogen-bond acceptors (Lipinski definition) is 5. The van der Waals surface area contributed by atoms with Crippen LogP contribution in [0.5, 0.6) is 0 Å². The molecule has 24 heavy (non-hydrogen) atoms. The Bertz CT molecular complexity index is 555. The summed E-state index contributed by atoms with van der Waals surface area (Å²) in [6.07, 6.45) is 8.16. The van der Waals surface area contributed by atoms with Crippen molar-refractivity contribution in [3.8, 4) is 0 Å². The summed E-state index contributed by atoms with van der Waals surface area (Å²) in [7, 11) is 0. The van der Waals surface area contributed by atoms with Gasteiger partial charge in [-0.3, -0.25) is 9.69 Å². The van der Waals surface area contributed by atoms with E-state index in [9.17, 15) is 4.79 Å². The lowest BCUT2D eigenvalue weighted by Crippen LogP contribution is -2.34. The topological polar surface area (TPSA) is 58.6 Å². The van der Waals surface area contributed by atoms with E-state index < -0.39 is 0 Å². The molecule has 0 spiro atoms. The van der Waals surface area contributed by atoms with Crippen molar-refractivity contribution >= 4 is 5.91 Å². The first-order valence-corrected chi connectivity index (χ1v) is 9.00. The SMILES string of the molecule is CC(=O)N1CCCN(Cc2cnc(C3(C)CCCCO3)nc2)CC1. The molecule has 3 heterocycles. The molecular formula is C18H28N4O2. The molecule has 2 aliphatic heterocycles. The van der Waals surface area contributed by atoms with Crippen molar-refractivity contribution in [2.75, 3.05) is 32.8 Å². The highest BCUT2D eigenvalue weighted by atomic mass is 16.5. The van der Waals surface area contributed by atoms with Crippen LogP contribution in [0.2, 0.25) is 0 Å². The number of aromatic nitrogens is 2. The molecule has 0 bridgehead atoms. The number of nitrogens with zero attached hydrogens (tertiary/aromatic N) is 4. The molecule has 2 saturated heterocycles. The van der Waals surface area contributed by atoms with E-state index in [1.807, 2.05) is 17.3 Å². The van der Waals surface area contributed by atoms with Gasteiger partial charge in [-0.15, -0.1) is 0 Å². The summed E-state index contributed by atoms with van der Waals surface area (Å²) < 4.78 is 5.92. The molecule has 6 heteroatoms. The molecule has 0 N–H and O–H groups in total. The number of carbonyl (C=O) groups excluding carboxylic acids is 1. The number of amides is 1. The van der Waals surface area contributed by atoms with Crippen molar-refractivity contribution in [1.82, 2.24) is 19.8 Å². The van der Waals surface area contributed by atoms with Gasteiger partial charge in [0.2, 0.25) is 5.91 Å². The maximum Gasteiger partial charge on any atom is 0.219 e. The maximum atomic E-state index is 11.5. The molecule has 1 aromatic rings. The third-order valence-corrected chi connectivity index (χ3v) is 5.09. The fourth-order valence-electron chi connectivity index (χ4n) is 3.52. The number of rotatable bonds is 3. The van der Waals surface area contributed by atoms with Crippen LogP contribution in [0.15, 0.2) is 12.4 Å². The Balaban J connectivity index is 1.59. The Morgan fingerprint density at radius 3 is 2.62 bits per heavy atom. The second-order valence-electron chi connectivity index (χ2n) is 7.09. The molecule has 2 aliphatic rings. The standard InChI is InChI=1S/C18H28N4O2/c1-15(23)22-8-5-7-21(9-10-22)14-16-12-19-17(20-13-16)18(2)6-3-4-11-24-18/h12-13H,3-11,14H2,1-2H3. The minimum atomic E-state index is -0.332. The van der Waals surface area contributed by atoms with Gasteiger partial charge in [0.15, 0.2) is 5.82 Å². The van der Waals surface area contributed by atoms with Crippen molar-refractivity contribution in [3.63, 3.8) is 0 Å². The van der Waals surface area contributed by atoms with Gasteiger partial charge in [-0.05, 0) is 32.6 Å². The van der Waals surface area contributed by atoms with Gasteiger partial charge in [0.1, 0.15) is 5.60 Å². The van der Waals surface area contributed by atoms with Crippen LogP contribution in [-0.4, -0.2) is 58.5 Å². The van der Waals surface area contributed by atoms with Crippen molar-refractivity contribution in [2.45, 2.75) is 51.7 Å². The predicted octanol–water partition coefficient (Wildman–Crippen LogP) is 1.95. The van der Waals surface area contributed by atoms with Crippen LogP contribution in [0.1, 0.15) is 50.9 Å². The zero-order valence-electron chi connectivity index (χ0n) is 14.8. The second kappa shape index (κ2) is 7.57. The second-order valence-corrected chi connectivity index (χ2v) is 7.09. The molecule has 1 aromatic heterocycles. The average molecular weight is 332 g/mol. The normalized spacial score (nSPS) is 26.2. The van der Waals surface area contributed by atoms with Gasteiger partial charge in [0.05, 0.1) is 0 Å². The van der Waals surface area contributed by atoms with Crippen LogP contribution >= 0.6 is 0 Å². The summed E-state index contributed by atoms with van der Waals surface area (Å²) in [5.74, 6) is 0.967. The van der Waals surface area contributed by atoms with Crippen LogP contribution in [0.4, 0.5) is 0 Å². The van der Waals surface area contributed by atoms with Gasteiger partial charge < -0.3 is 9.64 Å². The molecule has 1 amide bonds. The summed E-state index contributed by atoms with van der Waals surface area (Å²) >= 11 is 0. The zero-order chi connectivity index (χ0) is 17.0. The van der Waals surface area contributed by atoms with E-state index in [1.165, 1.54) is 6.42 Å². The van der Waals surface area contributed by atoms with E-state index in [0.29, 0.717) is 0 Å². The molecular weight excluding hydrogens is 304 g/mol. The van der Waals surface area contributed by atoms with Gasteiger partial charge in [0, 0.05) is 64.2 Å². The molecule has 0 radical (unpaired) electrons. The molecule has 0 saturated carbocycles. The molecule has 2 fully saturated rings. The van der Waals surface area contributed by atoms with Crippen LogP contribution in [-0.2, 0) is 21.7 Å². The fraction of sp³-hybridized carbons (Fsp3) is 0.722. The Labute approximate surface area is 144 Å². The Morgan fingerprint density at radius 2 is 1.96 bits per heavy atom. The van der Waals surface area contributed by atoms with E-state index in [2.05, 4.69) is 21.8 Å². The highest BCUT2D eigenvalue weighted by Crippen LogP contribution is 2.32. The number of carbonyl (C=O) groups is 1. The van der Waals surface area contributed by atoms with Crippen molar-refractivity contribution in [2.24, 2.45) is 0 Å². The highest BCUT2D eigenvalue weighted by Gasteiger charge is 2.32. The Kier molecular flexibility index (Phi) is 5.46. The average Bonchev–Trinajstić information content (AvgIpc) is 2.82. The quantitative estimate of drug-likeness (QED) is 0.847. The first-order chi connectivity index (χ1) is 11.6. The molecule has 6 nitrogen and oxygen atoms in total. The lowest BCUT2D eigenvalue weighted by molar-refractivity contribution is -0.128. The summed E-state index contributed by atoms with van der Waals surface area (Å²) in [5.41, 5.74) is 0.788.